The van der Waals surface area contributed by atoms with Crippen LogP contribution in [0.4, 0.5) is 5.13 Å². The molecule has 1 aromatic heterocycles. The highest BCUT2D eigenvalue weighted by atomic mass is 32.1. The monoisotopic (exact) mass is 420 g/mol. The lowest BCUT2D eigenvalue weighted by atomic mass is 10.2. The number of methoxy groups -OCH3 is 2. The number of benzene rings is 1. The maximum atomic E-state index is 12.5. The van der Waals surface area contributed by atoms with Crippen LogP contribution in [0.25, 0.3) is 0 Å². The van der Waals surface area contributed by atoms with Crippen LogP contribution in [-0.4, -0.2) is 75.3 Å². The van der Waals surface area contributed by atoms with Gasteiger partial charge >= 0.3 is 0 Å². The smallest absolute Gasteiger partial charge is 0.270 e. The number of amides is 2. The zero-order chi connectivity index (χ0) is 20.6. The van der Waals surface area contributed by atoms with Gasteiger partial charge in [-0.2, -0.15) is 0 Å². The number of aromatic nitrogens is 1. The van der Waals surface area contributed by atoms with Crippen LogP contribution in [0, 0.1) is 0 Å². The first kappa shape index (κ1) is 21.0. The second-order valence-corrected chi connectivity index (χ2v) is 7.16. The number of anilines is 1. The highest BCUT2D eigenvalue weighted by molar-refractivity contribution is 7.14. The Balaban J connectivity index is 1.54. The standard InChI is InChI=1S/C19H24N4O5S/c1-26-14-9-13(10-15(11-14)27-2)17(24)22-19-21-16(12-29-19)18(25)20-3-4-23-5-7-28-8-6-23/h9-12H,3-8H2,1-2H3,(H,20,25)(H,21,22,24). The molecule has 0 radical (unpaired) electrons. The molecule has 156 valence electrons. The third-order valence-electron chi connectivity index (χ3n) is 4.39. The van der Waals surface area contributed by atoms with Crippen LogP contribution < -0.4 is 20.1 Å². The zero-order valence-electron chi connectivity index (χ0n) is 16.4. The van der Waals surface area contributed by atoms with Crippen LogP contribution in [0.2, 0.25) is 0 Å². The zero-order valence-corrected chi connectivity index (χ0v) is 17.2. The van der Waals surface area contributed by atoms with E-state index in [-0.39, 0.29) is 17.5 Å². The molecule has 2 N–H and O–H groups in total. The lowest BCUT2D eigenvalue weighted by Crippen LogP contribution is -2.41. The van der Waals surface area contributed by atoms with Gasteiger partial charge in [-0.05, 0) is 12.1 Å². The first-order chi connectivity index (χ1) is 14.1. The van der Waals surface area contributed by atoms with E-state index in [1.54, 1.807) is 23.6 Å². The largest absolute Gasteiger partial charge is 0.497 e. The van der Waals surface area contributed by atoms with Gasteiger partial charge in [-0.15, -0.1) is 11.3 Å². The summed E-state index contributed by atoms with van der Waals surface area (Å²) in [6, 6.07) is 4.88. The van der Waals surface area contributed by atoms with E-state index >= 15 is 0 Å². The fourth-order valence-corrected chi connectivity index (χ4v) is 3.47. The van der Waals surface area contributed by atoms with Crippen molar-refractivity contribution < 1.29 is 23.8 Å². The maximum Gasteiger partial charge on any atom is 0.270 e. The van der Waals surface area contributed by atoms with Gasteiger partial charge in [-0.25, -0.2) is 4.98 Å². The summed E-state index contributed by atoms with van der Waals surface area (Å²) in [5, 5.41) is 7.51. The van der Waals surface area contributed by atoms with Crippen molar-refractivity contribution in [1.82, 2.24) is 15.2 Å². The van der Waals surface area contributed by atoms with Crippen LogP contribution >= 0.6 is 11.3 Å². The number of rotatable bonds is 8. The molecule has 0 unspecified atom stereocenters. The van der Waals surface area contributed by atoms with Gasteiger partial charge in [-0.1, -0.05) is 0 Å². The second kappa shape index (κ2) is 10.2. The van der Waals surface area contributed by atoms with Gasteiger partial charge in [0.05, 0.1) is 27.4 Å². The minimum absolute atomic E-state index is 0.266. The van der Waals surface area contributed by atoms with E-state index in [0.29, 0.717) is 28.7 Å². The van der Waals surface area contributed by atoms with Crippen LogP contribution in [0.5, 0.6) is 11.5 Å². The molecule has 1 aromatic carbocycles. The van der Waals surface area contributed by atoms with Crippen molar-refractivity contribution >= 4 is 28.3 Å². The van der Waals surface area contributed by atoms with Crippen LogP contribution in [0.1, 0.15) is 20.8 Å². The summed E-state index contributed by atoms with van der Waals surface area (Å²) in [6.07, 6.45) is 0. The topological polar surface area (TPSA) is 102 Å². The van der Waals surface area contributed by atoms with Crippen molar-refractivity contribution in [2.24, 2.45) is 0 Å². The molecule has 2 aromatic rings. The predicted octanol–water partition coefficient (Wildman–Crippen LogP) is 1.47. The van der Waals surface area contributed by atoms with Crippen LogP contribution in [0.15, 0.2) is 23.6 Å². The molecule has 1 fully saturated rings. The highest BCUT2D eigenvalue weighted by Gasteiger charge is 2.15. The van der Waals surface area contributed by atoms with E-state index in [0.717, 1.165) is 32.8 Å². The van der Waals surface area contributed by atoms with Crippen molar-refractivity contribution in [2.75, 3.05) is 58.9 Å². The molecule has 0 atom stereocenters. The first-order valence-corrected chi connectivity index (χ1v) is 10.0. The van der Waals surface area contributed by atoms with Gasteiger partial charge in [0.25, 0.3) is 11.8 Å². The van der Waals surface area contributed by atoms with Crippen molar-refractivity contribution in [3.63, 3.8) is 0 Å². The Bertz CT molecular complexity index is 829. The Morgan fingerprint density at radius 1 is 1.14 bits per heavy atom. The molecule has 29 heavy (non-hydrogen) atoms. The molecule has 0 saturated carbocycles. The Hall–Kier alpha value is -2.69. The van der Waals surface area contributed by atoms with Gasteiger partial charge < -0.3 is 19.5 Å². The Labute approximate surface area is 173 Å². The van der Waals surface area contributed by atoms with Gasteiger partial charge in [0.15, 0.2) is 5.13 Å². The third-order valence-corrected chi connectivity index (χ3v) is 5.15. The number of carbonyl (C=O) groups is 2. The summed E-state index contributed by atoms with van der Waals surface area (Å²) in [5.74, 6) is 0.386. The number of nitrogens with one attached hydrogen (secondary N) is 2. The average molecular weight is 420 g/mol. The molecule has 10 heteroatoms. The molecular weight excluding hydrogens is 396 g/mol. The number of morpholine rings is 1. The summed E-state index contributed by atoms with van der Waals surface area (Å²) >= 11 is 1.19. The third kappa shape index (κ3) is 5.89. The van der Waals surface area contributed by atoms with Gasteiger partial charge in [0.2, 0.25) is 0 Å². The molecule has 3 rings (SSSR count). The molecule has 0 aliphatic carbocycles. The number of ether oxygens (including phenoxy) is 3. The van der Waals surface area contributed by atoms with E-state index in [1.807, 2.05) is 0 Å². The Morgan fingerprint density at radius 2 is 1.83 bits per heavy atom. The molecular formula is C19H24N4O5S. The van der Waals surface area contributed by atoms with Crippen molar-refractivity contribution in [1.29, 1.82) is 0 Å². The minimum atomic E-state index is -0.365. The number of hydrogen-bond acceptors (Lipinski definition) is 8. The van der Waals surface area contributed by atoms with E-state index in [4.69, 9.17) is 14.2 Å². The normalized spacial score (nSPS) is 14.3. The van der Waals surface area contributed by atoms with E-state index < -0.39 is 0 Å². The molecule has 0 bridgehead atoms. The minimum Gasteiger partial charge on any atom is -0.497 e. The lowest BCUT2D eigenvalue weighted by molar-refractivity contribution is 0.0383. The molecule has 2 amide bonds. The van der Waals surface area contributed by atoms with Gasteiger partial charge in [0.1, 0.15) is 17.2 Å². The van der Waals surface area contributed by atoms with E-state index in [9.17, 15) is 9.59 Å². The average Bonchev–Trinajstić information content (AvgIpc) is 3.22. The van der Waals surface area contributed by atoms with Crippen molar-refractivity contribution in [3.05, 3.63) is 34.8 Å². The van der Waals surface area contributed by atoms with Gasteiger partial charge in [0, 0.05) is 43.2 Å². The number of nitrogens with zero attached hydrogens (tertiary/aromatic N) is 2. The summed E-state index contributed by atoms with van der Waals surface area (Å²) in [5.41, 5.74) is 0.642. The molecule has 9 nitrogen and oxygen atoms in total. The Kier molecular flexibility index (Phi) is 7.39. The fourth-order valence-electron chi connectivity index (χ4n) is 2.79. The van der Waals surface area contributed by atoms with Crippen LogP contribution in [0.3, 0.4) is 0 Å². The Morgan fingerprint density at radius 3 is 2.48 bits per heavy atom. The maximum absolute atomic E-state index is 12.5. The molecule has 1 saturated heterocycles. The summed E-state index contributed by atoms with van der Waals surface area (Å²) in [6.45, 7) is 4.49. The number of carbonyl (C=O) groups excluding carboxylic acids is 2. The van der Waals surface area contributed by atoms with E-state index in [1.165, 1.54) is 25.6 Å². The van der Waals surface area contributed by atoms with E-state index in [2.05, 4.69) is 20.5 Å². The number of thiazole rings is 1. The molecule has 2 heterocycles. The van der Waals surface area contributed by atoms with Gasteiger partial charge in [-0.3, -0.25) is 19.8 Å². The molecule has 1 aliphatic rings. The predicted molar refractivity (Wildman–Crippen MR) is 109 cm³/mol. The highest BCUT2D eigenvalue weighted by Crippen LogP contribution is 2.24. The first-order valence-electron chi connectivity index (χ1n) is 9.17. The van der Waals surface area contributed by atoms with Crippen molar-refractivity contribution in [3.8, 4) is 11.5 Å². The summed E-state index contributed by atoms with van der Waals surface area (Å²) < 4.78 is 15.7. The second-order valence-electron chi connectivity index (χ2n) is 6.30. The van der Waals surface area contributed by atoms with Crippen molar-refractivity contribution in [2.45, 2.75) is 0 Å². The SMILES string of the molecule is COc1cc(OC)cc(C(=O)Nc2nc(C(=O)NCCN3CCOCC3)cs2)c1. The lowest BCUT2D eigenvalue weighted by Gasteiger charge is -2.26. The van der Waals surface area contributed by atoms with Crippen LogP contribution in [-0.2, 0) is 4.74 Å². The molecule has 0 spiro atoms. The summed E-state index contributed by atoms with van der Waals surface area (Å²) in [7, 11) is 3.03. The summed E-state index contributed by atoms with van der Waals surface area (Å²) in [4.78, 5) is 31.2. The quantitative estimate of drug-likeness (QED) is 0.667. The number of hydrogen-bond donors (Lipinski definition) is 2. The fraction of sp³-hybridized carbons (Fsp3) is 0.421. The molecule has 1 aliphatic heterocycles.